The SMILES string of the molecule is O=C([C@H]1CC(c2ccccc2Cl)=NO1)N1CCOCC1. The molecule has 0 radical (unpaired) electrons. The number of oxime groups is 1. The van der Waals surface area contributed by atoms with Gasteiger partial charge in [0.25, 0.3) is 5.91 Å². The number of hydrogen-bond acceptors (Lipinski definition) is 4. The lowest BCUT2D eigenvalue weighted by Crippen LogP contribution is -2.45. The molecule has 5 nitrogen and oxygen atoms in total. The normalized spacial score (nSPS) is 22.4. The Morgan fingerprint density at radius 3 is 2.80 bits per heavy atom. The summed E-state index contributed by atoms with van der Waals surface area (Å²) >= 11 is 6.13. The number of carbonyl (C=O) groups is 1. The summed E-state index contributed by atoms with van der Waals surface area (Å²) in [6.07, 6.45) is -0.0840. The van der Waals surface area contributed by atoms with Gasteiger partial charge in [0.1, 0.15) is 0 Å². The van der Waals surface area contributed by atoms with E-state index < -0.39 is 6.10 Å². The lowest BCUT2D eigenvalue weighted by atomic mass is 10.0. The molecule has 0 aliphatic carbocycles. The van der Waals surface area contributed by atoms with Crippen molar-refractivity contribution in [1.29, 1.82) is 0 Å². The summed E-state index contributed by atoms with van der Waals surface area (Å²) in [5.41, 5.74) is 1.55. The number of benzene rings is 1. The molecular formula is C14H15ClN2O3. The van der Waals surface area contributed by atoms with Gasteiger partial charge in [-0.1, -0.05) is 35.0 Å². The molecule has 1 aromatic carbocycles. The molecule has 1 saturated heterocycles. The molecule has 0 bridgehead atoms. The first-order valence-electron chi connectivity index (χ1n) is 6.60. The Balaban J connectivity index is 1.66. The van der Waals surface area contributed by atoms with Gasteiger partial charge in [0.05, 0.1) is 18.9 Å². The Morgan fingerprint density at radius 1 is 1.30 bits per heavy atom. The van der Waals surface area contributed by atoms with E-state index in [2.05, 4.69) is 5.16 Å². The van der Waals surface area contributed by atoms with Gasteiger partial charge in [-0.25, -0.2) is 0 Å². The van der Waals surface area contributed by atoms with Gasteiger partial charge in [0, 0.05) is 30.1 Å². The van der Waals surface area contributed by atoms with Crippen LogP contribution in [-0.4, -0.2) is 48.9 Å². The fourth-order valence-electron chi connectivity index (χ4n) is 2.35. The van der Waals surface area contributed by atoms with E-state index in [1.54, 1.807) is 11.0 Å². The van der Waals surface area contributed by atoms with E-state index in [1.807, 2.05) is 18.2 Å². The fraction of sp³-hybridized carbons (Fsp3) is 0.429. The van der Waals surface area contributed by atoms with E-state index in [-0.39, 0.29) is 5.91 Å². The summed E-state index contributed by atoms with van der Waals surface area (Å²) in [4.78, 5) is 19.4. The standard InChI is InChI=1S/C14H15ClN2O3/c15-11-4-2-1-3-10(11)12-9-13(20-16-12)14(18)17-5-7-19-8-6-17/h1-4,13H,5-9H2/t13-/m1/s1. The van der Waals surface area contributed by atoms with Gasteiger partial charge in [-0.05, 0) is 6.07 Å². The molecule has 0 spiro atoms. The molecule has 1 amide bonds. The number of morpholine rings is 1. The zero-order valence-electron chi connectivity index (χ0n) is 10.9. The van der Waals surface area contributed by atoms with Crippen molar-refractivity contribution in [2.24, 2.45) is 5.16 Å². The quantitative estimate of drug-likeness (QED) is 0.834. The minimum absolute atomic E-state index is 0.0286. The van der Waals surface area contributed by atoms with Crippen LogP contribution < -0.4 is 0 Å². The summed E-state index contributed by atoms with van der Waals surface area (Å²) in [7, 11) is 0. The predicted molar refractivity (Wildman–Crippen MR) is 74.9 cm³/mol. The van der Waals surface area contributed by atoms with Crippen LogP contribution in [0.5, 0.6) is 0 Å². The van der Waals surface area contributed by atoms with Crippen LogP contribution >= 0.6 is 11.6 Å². The van der Waals surface area contributed by atoms with Gasteiger partial charge in [-0.15, -0.1) is 0 Å². The van der Waals surface area contributed by atoms with Crippen LogP contribution in [0.4, 0.5) is 0 Å². The molecule has 1 aromatic rings. The molecule has 0 aromatic heterocycles. The van der Waals surface area contributed by atoms with E-state index in [4.69, 9.17) is 21.2 Å². The fourth-order valence-corrected chi connectivity index (χ4v) is 2.60. The summed E-state index contributed by atoms with van der Waals surface area (Å²) in [5, 5.41) is 4.64. The Bertz CT molecular complexity index is 541. The first kappa shape index (κ1) is 13.4. The number of carbonyl (C=O) groups excluding carboxylic acids is 1. The Kier molecular flexibility index (Phi) is 3.89. The van der Waals surface area contributed by atoms with Crippen LogP contribution in [0.3, 0.4) is 0 Å². The van der Waals surface area contributed by atoms with Crippen LogP contribution in [-0.2, 0) is 14.4 Å². The third-order valence-corrected chi connectivity index (χ3v) is 3.78. The molecule has 3 rings (SSSR count). The Morgan fingerprint density at radius 2 is 2.05 bits per heavy atom. The molecule has 6 heteroatoms. The number of amides is 1. The van der Waals surface area contributed by atoms with Crippen molar-refractivity contribution in [1.82, 2.24) is 4.90 Å². The smallest absolute Gasteiger partial charge is 0.267 e. The lowest BCUT2D eigenvalue weighted by Gasteiger charge is -2.28. The minimum atomic E-state index is -0.542. The van der Waals surface area contributed by atoms with Crippen molar-refractivity contribution < 1.29 is 14.4 Å². The van der Waals surface area contributed by atoms with Gasteiger partial charge in [0.15, 0.2) is 0 Å². The van der Waals surface area contributed by atoms with Crippen LogP contribution in [0, 0.1) is 0 Å². The summed E-state index contributed by atoms with van der Waals surface area (Å²) < 4.78 is 5.24. The molecule has 2 heterocycles. The van der Waals surface area contributed by atoms with Crippen molar-refractivity contribution in [3.05, 3.63) is 34.9 Å². The van der Waals surface area contributed by atoms with Gasteiger partial charge >= 0.3 is 0 Å². The van der Waals surface area contributed by atoms with E-state index >= 15 is 0 Å². The first-order chi connectivity index (χ1) is 9.75. The van der Waals surface area contributed by atoms with Gasteiger partial charge in [-0.2, -0.15) is 0 Å². The second-order valence-corrected chi connectivity index (χ2v) is 5.16. The molecule has 0 saturated carbocycles. The molecular weight excluding hydrogens is 280 g/mol. The van der Waals surface area contributed by atoms with Gasteiger partial charge in [-0.3, -0.25) is 4.79 Å². The van der Waals surface area contributed by atoms with Crippen LogP contribution in [0.15, 0.2) is 29.4 Å². The zero-order chi connectivity index (χ0) is 13.9. The van der Waals surface area contributed by atoms with Crippen LogP contribution in [0.25, 0.3) is 0 Å². The molecule has 0 unspecified atom stereocenters. The Hall–Kier alpha value is -1.59. The molecule has 2 aliphatic rings. The van der Waals surface area contributed by atoms with E-state index in [1.165, 1.54) is 0 Å². The third-order valence-electron chi connectivity index (χ3n) is 3.45. The maximum Gasteiger partial charge on any atom is 0.267 e. The number of nitrogens with zero attached hydrogens (tertiary/aromatic N) is 2. The van der Waals surface area contributed by atoms with E-state index in [9.17, 15) is 4.79 Å². The second kappa shape index (κ2) is 5.81. The maximum absolute atomic E-state index is 12.3. The molecule has 1 fully saturated rings. The van der Waals surface area contributed by atoms with Crippen LogP contribution in [0.1, 0.15) is 12.0 Å². The largest absolute Gasteiger partial charge is 0.382 e. The average molecular weight is 295 g/mol. The van der Waals surface area contributed by atoms with Crippen molar-refractivity contribution >= 4 is 23.2 Å². The van der Waals surface area contributed by atoms with Gasteiger partial charge in [0.2, 0.25) is 6.10 Å². The predicted octanol–water partition coefficient (Wildman–Crippen LogP) is 1.69. The first-order valence-corrected chi connectivity index (χ1v) is 6.97. The average Bonchev–Trinajstić information content (AvgIpc) is 2.97. The van der Waals surface area contributed by atoms with E-state index in [0.717, 1.165) is 11.3 Å². The minimum Gasteiger partial charge on any atom is -0.382 e. The molecule has 0 N–H and O–H groups in total. The van der Waals surface area contributed by atoms with Crippen molar-refractivity contribution in [2.75, 3.05) is 26.3 Å². The monoisotopic (exact) mass is 294 g/mol. The van der Waals surface area contributed by atoms with Crippen LogP contribution in [0.2, 0.25) is 5.02 Å². The zero-order valence-corrected chi connectivity index (χ0v) is 11.7. The van der Waals surface area contributed by atoms with E-state index in [0.29, 0.717) is 37.7 Å². The topological polar surface area (TPSA) is 51.1 Å². The van der Waals surface area contributed by atoms with Crippen molar-refractivity contribution in [2.45, 2.75) is 12.5 Å². The lowest BCUT2D eigenvalue weighted by molar-refractivity contribution is -0.146. The molecule has 20 heavy (non-hydrogen) atoms. The summed E-state index contributed by atoms with van der Waals surface area (Å²) in [6.45, 7) is 2.38. The maximum atomic E-state index is 12.3. The molecule has 1 atom stereocenters. The highest BCUT2D eigenvalue weighted by Crippen LogP contribution is 2.23. The summed E-state index contributed by atoms with van der Waals surface area (Å²) in [5.74, 6) is -0.0286. The van der Waals surface area contributed by atoms with Crippen molar-refractivity contribution in [3.8, 4) is 0 Å². The molecule has 106 valence electrons. The van der Waals surface area contributed by atoms with Gasteiger partial charge < -0.3 is 14.5 Å². The number of hydrogen-bond donors (Lipinski definition) is 0. The number of ether oxygens (including phenoxy) is 1. The molecule has 2 aliphatic heterocycles. The number of rotatable bonds is 2. The summed E-state index contributed by atoms with van der Waals surface area (Å²) in [6, 6.07) is 7.43. The highest BCUT2D eigenvalue weighted by atomic mass is 35.5. The second-order valence-electron chi connectivity index (χ2n) is 4.75. The third kappa shape index (κ3) is 2.64. The number of halogens is 1. The Labute approximate surface area is 122 Å². The highest BCUT2D eigenvalue weighted by Gasteiger charge is 2.33. The van der Waals surface area contributed by atoms with Crippen molar-refractivity contribution in [3.63, 3.8) is 0 Å². The highest BCUT2D eigenvalue weighted by molar-refractivity contribution is 6.34.